The van der Waals surface area contributed by atoms with Crippen LogP contribution in [0.1, 0.15) is 66.4 Å². The highest BCUT2D eigenvalue weighted by atomic mass is 16.5. The molecule has 0 unspecified atom stereocenters. The number of aliphatic hydroxyl groups is 1. The molecular formula is C25H43NO3. The summed E-state index contributed by atoms with van der Waals surface area (Å²) < 4.78 is 11.4. The van der Waals surface area contributed by atoms with Gasteiger partial charge in [0.05, 0.1) is 19.3 Å². The SMILES string of the molecule is CC1CCN(C[C@H](O)COCCOc2ccc(C(C)(C)CC(C)(C)C)cc2)CC1. The van der Waals surface area contributed by atoms with Gasteiger partial charge in [-0.25, -0.2) is 0 Å². The van der Waals surface area contributed by atoms with Crippen molar-refractivity contribution < 1.29 is 14.6 Å². The van der Waals surface area contributed by atoms with Crippen LogP contribution in [0.3, 0.4) is 0 Å². The lowest BCUT2D eigenvalue weighted by molar-refractivity contribution is 0.00333. The minimum absolute atomic E-state index is 0.141. The Morgan fingerprint density at radius 3 is 2.24 bits per heavy atom. The standard InChI is InChI=1S/C25H43NO3/c1-20-11-13-26(14-12-20)17-22(27)18-28-15-16-29-23-9-7-21(8-10-23)25(5,6)19-24(2,3)4/h7-10,20,22,27H,11-19H2,1-6H3/t22-/m0/s1. The number of piperidine rings is 1. The lowest BCUT2D eigenvalue weighted by Crippen LogP contribution is -2.40. The van der Waals surface area contributed by atoms with Crippen molar-refractivity contribution in [3.8, 4) is 5.75 Å². The van der Waals surface area contributed by atoms with Crippen molar-refractivity contribution in [2.24, 2.45) is 11.3 Å². The molecule has 0 saturated carbocycles. The summed E-state index contributed by atoms with van der Waals surface area (Å²) >= 11 is 0. The number of ether oxygens (including phenoxy) is 2. The van der Waals surface area contributed by atoms with E-state index in [0.29, 0.717) is 31.8 Å². The van der Waals surface area contributed by atoms with Crippen molar-refractivity contribution in [2.75, 3.05) is 39.5 Å². The van der Waals surface area contributed by atoms with Gasteiger partial charge in [-0.15, -0.1) is 0 Å². The zero-order chi connectivity index (χ0) is 21.5. The number of β-amino-alcohol motifs (C(OH)–C–C–N with tert-alkyl or cyclic N) is 1. The maximum atomic E-state index is 10.2. The van der Waals surface area contributed by atoms with E-state index < -0.39 is 6.10 Å². The van der Waals surface area contributed by atoms with Crippen LogP contribution >= 0.6 is 0 Å². The molecule has 1 saturated heterocycles. The van der Waals surface area contributed by atoms with Gasteiger partial charge in [-0.05, 0) is 66.8 Å². The van der Waals surface area contributed by atoms with E-state index in [2.05, 4.69) is 58.6 Å². The molecule has 1 aromatic carbocycles. The monoisotopic (exact) mass is 405 g/mol. The van der Waals surface area contributed by atoms with Gasteiger partial charge in [-0.1, -0.05) is 53.7 Å². The zero-order valence-corrected chi connectivity index (χ0v) is 19.5. The molecule has 2 rings (SSSR count). The average Bonchev–Trinajstić information content (AvgIpc) is 2.62. The highest BCUT2D eigenvalue weighted by Crippen LogP contribution is 2.36. The predicted octanol–water partition coefficient (Wildman–Crippen LogP) is 4.89. The Kier molecular flexibility index (Phi) is 8.99. The molecule has 166 valence electrons. The molecule has 29 heavy (non-hydrogen) atoms. The number of benzene rings is 1. The number of likely N-dealkylation sites (tertiary alicyclic amines) is 1. The minimum atomic E-state index is -0.423. The van der Waals surface area contributed by atoms with E-state index in [9.17, 15) is 5.11 Å². The van der Waals surface area contributed by atoms with E-state index >= 15 is 0 Å². The number of hydrogen-bond acceptors (Lipinski definition) is 4. The highest BCUT2D eigenvalue weighted by molar-refractivity contribution is 5.31. The first-order valence-corrected chi connectivity index (χ1v) is 11.3. The summed E-state index contributed by atoms with van der Waals surface area (Å²) in [5.41, 5.74) is 1.78. The molecule has 1 aliphatic rings. The maximum absolute atomic E-state index is 10.2. The molecule has 1 aliphatic heterocycles. The summed E-state index contributed by atoms with van der Waals surface area (Å²) in [7, 11) is 0. The summed E-state index contributed by atoms with van der Waals surface area (Å²) in [5.74, 6) is 1.68. The lowest BCUT2D eigenvalue weighted by atomic mass is 9.72. The van der Waals surface area contributed by atoms with E-state index in [-0.39, 0.29) is 5.41 Å². The van der Waals surface area contributed by atoms with Crippen LogP contribution in [0.4, 0.5) is 0 Å². The van der Waals surface area contributed by atoms with Crippen LogP contribution < -0.4 is 4.74 Å². The first-order chi connectivity index (χ1) is 13.5. The van der Waals surface area contributed by atoms with Crippen LogP contribution in [0.2, 0.25) is 0 Å². The molecule has 0 radical (unpaired) electrons. The summed E-state index contributed by atoms with van der Waals surface area (Å²) in [6, 6.07) is 8.44. The van der Waals surface area contributed by atoms with Crippen LogP contribution in [0.15, 0.2) is 24.3 Å². The molecule has 0 amide bonds. The number of nitrogens with zero attached hydrogens (tertiary/aromatic N) is 1. The average molecular weight is 406 g/mol. The molecule has 4 heteroatoms. The Morgan fingerprint density at radius 2 is 1.66 bits per heavy atom. The summed E-state index contributed by atoms with van der Waals surface area (Å²) in [6.45, 7) is 18.0. The highest BCUT2D eigenvalue weighted by Gasteiger charge is 2.27. The second-order valence-corrected chi connectivity index (χ2v) is 10.7. The van der Waals surface area contributed by atoms with Crippen molar-refractivity contribution in [3.63, 3.8) is 0 Å². The van der Waals surface area contributed by atoms with Crippen LogP contribution in [-0.2, 0) is 10.2 Å². The number of aliphatic hydroxyl groups excluding tert-OH is 1. The van der Waals surface area contributed by atoms with Crippen LogP contribution in [-0.4, -0.2) is 55.6 Å². The molecule has 1 fully saturated rings. The number of hydrogen-bond donors (Lipinski definition) is 1. The van der Waals surface area contributed by atoms with E-state index in [4.69, 9.17) is 9.47 Å². The predicted molar refractivity (Wildman–Crippen MR) is 121 cm³/mol. The topological polar surface area (TPSA) is 41.9 Å². The van der Waals surface area contributed by atoms with E-state index in [0.717, 1.165) is 31.2 Å². The first kappa shape index (κ1) is 24.2. The van der Waals surface area contributed by atoms with Gasteiger partial charge < -0.3 is 19.5 Å². The van der Waals surface area contributed by atoms with Crippen LogP contribution in [0, 0.1) is 11.3 Å². The Labute approximate surface area is 178 Å². The molecule has 1 atom stereocenters. The molecule has 0 bridgehead atoms. The second-order valence-electron chi connectivity index (χ2n) is 10.7. The smallest absolute Gasteiger partial charge is 0.119 e. The van der Waals surface area contributed by atoms with Gasteiger partial charge in [0.25, 0.3) is 0 Å². The molecular weight excluding hydrogens is 362 g/mol. The largest absolute Gasteiger partial charge is 0.491 e. The minimum Gasteiger partial charge on any atom is -0.491 e. The summed E-state index contributed by atoms with van der Waals surface area (Å²) in [5, 5.41) is 10.2. The molecule has 1 aromatic rings. The Balaban J connectivity index is 1.64. The van der Waals surface area contributed by atoms with E-state index in [1.165, 1.54) is 18.4 Å². The second kappa shape index (κ2) is 10.8. The van der Waals surface area contributed by atoms with Crippen molar-refractivity contribution in [1.29, 1.82) is 0 Å². The molecule has 0 aliphatic carbocycles. The Morgan fingerprint density at radius 1 is 1.03 bits per heavy atom. The zero-order valence-electron chi connectivity index (χ0n) is 19.5. The molecule has 1 N–H and O–H groups in total. The van der Waals surface area contributed by atoms with Crippen LogP contribution in [0.5, 0.6) is 5.75 Å². The fourth-order valence-corrected chi connectivity index (χ4v) is 4.46. The van der Waals surface area contributed by atoms with Crippen molar-refractivity contribution in [3.05, 3.63) is 29.8 Å². The van der Waals surface area contributed by atoms with Gasteiger partial charge in [-0.3, -0.25) is 0 Å². The Hall–Kier alpha value is -1.10. The molecule has 0 spiro atoms. The van der Waals surface area contributed by atoms with Crippen molar-refractivity contribution in [1.82, 2.24) is 4.90 Å². The van der Waals surface area contributed by atoms with Gasteiger partial charge in [-0.2, -0.15) is 0 Å². The third-order valence-electron chi connectivity index (χ3n) is 5.76. The Bertz CT molecular complexity index is 583. The third kappa shape index (κ3) is 9.06. The maximum Gasteiger partial charge on any atom is 0.119 e. The quantitative estimate of drug-likeness (QED) is 0.563. The number of rotatable bonds is 10. The van der Waals surface area contributed by atoms with Gasteiger partial charge in [0.2, 0.25) is 0 Å². The van der Waals surface area contributed by atoms with E-state index in [1.54, 1.807) is 0 Å². The van der Waals surface area contributed by atoms with Gasteiger partial charge in [0.1, 0.15) is 12.4 Å². The van der Waals surface area contributed by atoms with Crippen LogP contribution in [0.25, 0.3) is 0 Å². The molecule has 0 aromatic heterocycles. The first-order valence-electron chi connectivity index (χ1n) is 11.3. The van der Waals surface area contributed by atoms with Gasteiger partial charge in [0.15, 0.2) is 0 Å². The molecule has 4 nitrogen and oxygen atoms in total. The van der Waals surface area contributed by atoms with Crippen molar-refractivity contribution in [2.45, 2.75) is 72.3 Å². The molecule has 1 heterocycles. The van der Waals surface area contributed by atoms with Gasteiger partial charge >= 0.3 is 0 Å². The normalized spacial score (nSPS) is 18.0. The van der Waals surface area contributed by atoms with Gasteiger partial charge in [0, 0.05) is 6.54 Å². The fourth-order valence-electron chi connectivity index (χ4n) is 4.46. The summed E-state index contributed by atoms with van der Waals surface area (Å²) in [6.07, 6.45) is 3.17. The van der Waals surface area contributed by atoms with E-state index in [1.807, 2.05) is 12.1 Å². The third-order valence-corrected chi connectivity index (χ3v) is 5.76. The fraction of sp³-hybridized carbons (Fsp3) is 0.760. The summed E-state index contributed by atoms with van der Waals surface area (Å²) in [4.78, 5) is 2.34. The van der Waals surface area contributed by atoms with Crippen molar-refractivity contribution >= 4 is 0 Å². The lowest BCUT2D eigenvalue weighted by Gasteiger charge is -2.33.